The summed E-state index contributed by atoms with van der Waals surface area (Å²) in [6.07, 6.45) is 1.50. The number of likely N-dealkylation sites (N-methyl/N-ethyl adjacent to an activating group) is 1. The molecule has 11 heavy (non-hydrogen) atoms. The van der Waals surface area contributed by atoms with Gasteiger partial charge in [-0.1, -0.05) is 6.92 Å². The van der Waals surface area contributed by atoms with Crippen molar-refractivity contribution in [2.45, 2.75) is 39.3 Å². The standard InChI is InChI=1S/C9H21NO/c1-6-9(10(4)5)7-11-8(2)3/h8-9H,6-7H2,1-5H3/t9-/m0/s1. The normalized spacial score (nSPS) is 14.5. The molecule has 0 aliphatic carbocycles. The maximum absolute atomic E-state index is 5.51. The number of hydrogen-bond acceptors (Lipinski definition) is 2. The maximum atomic E-state index is 5.51. The molecular weight excluding hydrogens is 138 g/mol. The van der Waals surface area contributed by atoms with E-state index in [1.54, 1.807) is 0 Å². The van der Waals surface area contributed by atoms with Gasteiger partial charge in [-0.2, -0.15) is 0 Å². The monoisotopic (exact) mass is 159 g/mol. The molecule has 2 nitrogen and oxygen atoms in total. The second-order valence-electron chi connectivity index (χ2n) is 3.41. The molecule has 0 aromatic heterocycles. The summed E-state index contributed by atoms with van der Waals surface area (Å²) in [6.45, 7) is 7.18. The average Bonchev–Trinajstić information content (AvgIpc) is 1.87. The summed E-state index contributed by atoms with van der Waals surface area (Å²) < 4.78 is 5.51. The summed E-state index contributed by atoms with van der Waals surface area (Å²) in [7, 11) is 4.19. The number of rotatable bonds is 5. The van der Waals surface area contributed by atoms with Crippen LogP contribution in [-0.4, -0.2) is 37.7 Å². The molecule has 0 rings (SSSR count). The van der Waals surface area contributed by atoms with Gasteiger partial charge in [-0.05, 0) is 34.4 Å². The van der Waals surface area contributed by atoms with Crippen molar-refractivity contribution >= 4 is 0 Å². The molecule has 0 aromatic carbocycles. The van der Waals surface area contributed by atoms with Crippen LogP contribution in [-0.2, 0) is 4.74 Å². The Labute approximate surface area is 70.5 Å². The van der Waals surface area contributed by atoms with E-state index in [2.05, 4.69) is 39.8 Å². The van der Waals surface area contributed by atoms with Crippen molar-refractivity contribution in [3.8, 4) is 0 Å². The van der Waals surface area contributed by atoms with Crippen molar-refractivity contribution in [2.24, 2.45) is 0 Å². The molecule has 2 heteroatoms. The van der Waals surface area contributed by atoms with E-state index in [1.807, 2.05) is 0 Å². The quantitative estimate of drug-likeness (QED) is 0.606. The predicted octanol–water partition coefficient (Wildman–Crippen LogP) is 1.75. The molecule has 1 atom stereocenters. The van der Waals surface area contributed by atoms with Gasteiger partial charge in [0.15, 0.2) is 0 Å². The van der Waals surface area contributed by atoms with Crippen molar-refractivity contribution in [1.29, 1.82) is 0 Å². The fraction of sp³-hybridized carbons (Fsp3) is 1.00. The third-order valence-corrected chi connectivity index (χ3v) is 1.82. The van der Waals surface area contributed by atoms with Gasteiger partial charge in [-0.25, -0.2) is 0 Å². The van der Waals surface area contributed by atoms with E-state index in [0.29, 0.717) is 12.1 Å². The highest BCUT2D eigenvalue weighted by atomic mass is 16.5. The van der Waals surface area contributed by atoms with Crippen LogP contribution in [0.2, 0.25) is 0 Å². The van der Waals surface area contributed by atoms with Gasteiger partial charge in [0, 0.05) is 6.04 Å². The zero-order chi connectivity index (χ0) is 8.85. The lowest BCUT2D eigenvalue weighted by Crippen LogP contribution is -2.32. The van der Waals surface area contributed by atoms with E-state index in [-0.39, 0.29) is 0 Å². The lowest BCUT2D eigenvalue weighted by atomic mass is 10.2. The highest BCUT2D eigenvalue weighted by Crippen LogP contribution is 2.01. The first kappa shape index (κ1) is 10.9. The third-order valence-electron chi connectivity index (χ3n) is 1.82. The summed E-state index contributed by atoms with van der Waals surface area (Å²) in [6, 6.07) is 0.567. The fourth-order valence-electron chi connectivity index (χ4n) is 0.936. The zero-order valence-electron chi connectivity index (χ0n) is 8.42. The SMILES string of the molecule is CC[C@@H](COC(C)C)N(C)C. The Morgan fingerprint density at radius 2 is 1.82 bits per heavy atom. The highest BCUT2D eigenvalue weighted by Gasteiger charge is 2.08. The third kappa shape index (κ3) is 5.22. The van der Waals surface area contributed by atoms with Crippen molar-refractivity contribution in [3.63, 3.8) is 0 Å². The Morgan fingerprint density at radius 1 is 1.27 bits per heavy atom. The van der Waals surface area contributed by atoms with Gasteiger partial charge in [0.05, 0.1) is 12.7 Å². The van der Waals surface area contributed by atoms with Crippen LogP contribution in [0, 0.1) is 0 Å². The van der Waals surface area contributed by atoms with E-state index in [4.69, 9.17) is 4.74 Å². The Hall–Kier alpha value is -0.0800. The van der Waals surface area contributed by atoms with E-state index in [1.165, 1.54) is 0 Å². The highest BCUT2D eigenvalue weighted by molar-refractivity contribution is 4.62. The van der Waals surface area contributed by atoms with Crippen molar-refractivity contribution < 1.29 is 4.74 Å². The van der Waals surface area contributed by atoms with E-state index >= 15 is 0 Å². The number of nitrogens with zero attached hydrogens (tertiary/aromatic N) is 1. The molecule has 0 saturated heterocycles. The molecule has 0 fully saturated rings. The molecular formula is C9H21NO. The topological polar surface area (TPSA) is 12.5 Å². The van der Waals surface area contributed by atoms with Crippen molar-refractivity contribution in [2.75, 3.05) is 20.7 Å². The molecule has 0 heterocycles. The minimum atomic E-state index is 0.351. The molecule has 0 unspecified atom stereocenters. The summed E-state index contributed by atoms with van der Waals surface area (Å²) in [5, 5.41) is 0. The van der Waals surface area contributed by atoms with E-state index < -0.39 is 0 Å². The first-order chi connectivity index (χ1) is 5.07. The van der Waals surface area contributed by atoms with Crippen molar-refractivity contribution in [1.82, 2.24) is 4.90 Å². The van der Waals surface area contributed by atoms with E-state index in [9.17, 15) is 0 Å². The van der Waals surface area contributed by atoms with Crippen LogP contribution in [0.25, 0.3) is 0 Å². The van der Waals surface area contributed by atoms with Gasteiger partial charge in [0.25, 0.3) is 0 Å². The molecule has 0 radical (unpaired) electrons. The molecule has 0 aliphatic rings. The molecule has 0 aliphatic heterocycles. The van der Waals surface area contributed by atoms with Crippen LogP contribution in [0.15, 0.2) is 0 Å². The maximum Gasteiger partial charge on any atom is 0.0624 e. The Morgan fingerprint density at radius 3 is 2.09 bits per heavy atom. The summed E-state index contributed by atoms with van der Waals surface area (Å²) in [4.78, 5) is 2.21. The van der Waals surface area contributed by atoms with Gasteiger partial charge >= 0.3 is 0 Å². The summed E-state index contributed by atoms with van der Waals surface area (Å²) >= 11 is 0. The van der Waals surface area contributed by atoms with Crippen LogP contribution in [0.5, 0.6) is 0 Å². The molecule has 0 bridgehead atoms. The minimum Gasteiger partial charge on any atom is -0.377 e. The van der Waals surface area contributed by atoms with Crippen LogP contribution >= 0.6 is 0 Å². The van der Waals surface area contributed by atoms with Crippen LogP contribution in [0.3, 0.4) is 0 Å². The van der Waals surface area contributed by atoms with Gasteiger partial charge < -0.3 is 9.64 Å². The number of ether oxygens (including phenoxy) is 1. The van der Waals surface area contributed by atoms with Crippen LogP contribution < -0.4 is 0 Å². The molecule has 0 amide bonds. The largest absolute Gasteiger partial charge is 0.377 e. The first-order valence-electron chi connectivity index (χ1n) is 4.36. The van der Waals surface area contributed by atoms with Crippen LogP contribution in [0.1, 0.15) is 27.2 Å². The number of hydrogen-bond donors (Lipinski definition) is 0. The van der Waals surface area contributed by atoms with Gasteiger partial charge in [0.2, 0.25) is 0 Å². The fourth-order valence-corrected chi connectivity index (χ4v) is 0.936. The molecule has 0 N–H and O–H groups in total. The zero-order valence-corrected chi connectivity index (χ0v) is 8.42. The lowest BCUT2D eigenvalue weighted by molar-refractivity contribution is 0.0372. The summed E-state index contributed by atoms with van der Waals surface area (Å²) in [5.41, 5.74) is 0. The van der Waals surface area contributed by atoms with Crippen LogP contribution in [0.4, 0.5) is 0 Å². The van der Waals surface area contributed by atoms with E-state index in [0.717, 1.165) is 13.0 Å². The van der Waals surface area contributed by atoms with Crippen molar-refractivity contribution in [3.05, 3.63) is 0 Å². The minimum absolute atomic E-state index is 0.351. The smallest absolute Gasteiger partial charge is 0.0624 e. The van der Waals surface area contributed by atoms with Gasteiger partial charge in [0.1, 0.15) is 0 Å². The molecule has 0 saturated carbocycles. The van der Waals surface area contributed by atoms with Gasteiger partial charge in [-0.15, -0.1) is 0 Å². The second-order valence-corrected chi connectivity index (χ2v) is 3.41. The Balaban J connectivity index is 3.52. The molecule has 0 aromatic rings. The predicted molar refractivity (Wildman–Crippen MR) is 48.9 cm³/mol. The summed E-state index contributed by atoms with van der Waals surface area (Å²) in [5.74, 6) is 0. The average molecular weight is 159 g/mol. The Bertz CT molecular complexity index is 91.6. The molecule has 0 spiro atoms. The Kier molecular flexibility index (Phi) is 5.51. The lowest BCUT2D eigenvalue weighted by Gasteiger charge is -2.23. The molecule has 68 valence electrons. The van der Waals surface area contributed by atoms with Gasteiger partial charge in [-0.3, -0.25) is 0 Å². The first-order valence-corrected chi connectivity index (χ1v) is 4.36. The second kappa shape index (κ2) is 5.56.